The lowest BCUT2D eigenvalue weighted by molar-refractivity contribution is 0.337. The van der Waals surface area contributed by atoms with Gasteiger partial charge in [0.1, 0.15) is 0 Å². The van der Waals surface area contributed by atoms with Gasteiger partial charge in [-0.05, 0) is 25.9 Å². The van der Waals surface area contributed by atoms with Crippen LogP contribution >= 0.6 is 12.4 Å². The zero-order valence-electron chi connectivity index (χ0n) is 8.83. The highest BCUT2D eigenvalue weighted by Crippen LogP contribution is 1.93. The molecule has 0 saturated carbocycles. The summed E-state index contributed by atoms with van der Waals surface area (Å²) in [5.74, 6) is 0. The molecule has 0 bridgehead atoms. The van der Waals surface area contributed by atoms with Crippen molar-refractivity contribution in [2.45, 2.75) is 26.7 Å². The average molecular weight is 204 g/mol. The van der Waals surface area contributed by atoms with Crippen molar-refractivity contribution < 1.29 is 0 Å². The molecule has 0 aromatic carbocycles. The summed E-state index contributed by atoms with van der Waals surface area (Å²) in [6, 6.07) is 0. The van der Waals surface area contributed by atoms with Crippen molar-refractivity contribution in [3.8, 4) is 0 Å². The average Bonchev–Trinajstić information content (AvgIpc) is 2.11. The summed E-state index contributed by atoms with van der Waals surface area (Å²) in [4.78, 5) is 2.39. The number of halogens is 1. The first-order valence-electron chi connectivity index (χ1n) is 4.83. The number of likely N-dealkylation sites (N-methyl/N-ethyl adjacent to an activating group) is 1. The standard InChI is InChI=1S/C11H21N.ClH/c1-4-7-8-9-10-11-12(5-2)6-3;/h4,9-10H,1,5-8,11H2,2-3H3;1H. The number of nitrogens with zero attached hydrogens (tertiary/aromatic N) is 1. The molecule has 0 amide bonds. The van der Waals surface area contributed by atoms with Gasteiger partial charge in [0.25, 0.3) is 0 Å². The Labute approximate surface area is 88.9 Å². The monoisotopic (exact) mass is 203 g/mol. The van der Waals surface area contributed by atoms with E-state index in [1.807, 2.05) is 6.08 Å². The van der Waals surface area contributed by atoms with Gasteiger partial charge in [0, 0.05) is 6.54 Å². The summed E-state index contributed by atoms with van der Waals surface area (Å²) in [5, 5.41) is 0. The Morgan fingerprint density at radius 2 is 1.69 bits per heavy atom. The Kier molecular flexibility index (Phi) is 13.7. The number of hydrogen-bond acceptors (Lipinski definition) is 1. The minimum Gasteiger partial charge on any atom is -0.300 e. The van der Waals surface area contributed by atoms with E-state index >= 15 is 0 Å². The smallest absolute Gasteiger partial charge is 0.0162 e. The lowest BCUT2D eigenvalue weighted by Crippen LogP contribution is -2.22. The predicted octanol–water partition coefficient (Wildman–Crippen LogP) is 3.27. The van der Waals surface area contributed by atoms with Crippen molar-refractivity contribution in [2.75, 3.05) is 19.6 Å². The van der Waals surface area contributed by atoms with Crippen LogP contribution in [0.4, 0.5) is 0 Å². The highest BCUT2D eigenvalue weighted by molar-refractivity contribution is 5.85. The molecule has 2 heteroatoms. The van der Waals surface area contributed by atoms with Gasteiger partial charge in [-0.1, -0.05) is 32.1 Å². The fraction of sp³-hybridized carbons (Fsp3) is 0.636. The molecule has 78 valence electrons. The zero-order valence-corrected chi connectivity index (χ0v) is 9.65. The van der Waals surface area contributed by atoms with Crippen LogP contribution < -0.4 is 0 Å². The summed E-state index contributed by atoms with van der Waals surface area (Å²) in [6.45, 7) is 11.4. The predicted molar refractivity (Wildman–Crippen MR) is 63.6 cm³/mol. The molecule has 0 aliphatic rings. The summed E-state index contributed by atoms with van der Waals surface area (Å²) in [5.41, 5.74) is 0. The Morgan fingerprint density at radius 1 is 1.08 bits per heavy atom. The van der Waals surface area contributed by atoms with E-state index in [9.17, 15) is 0 Å². The number of rotatable bonds is 7. The van der Waals surface area contributed by atoms with E-state index < -0.39 is 0 Å². The summed E-state index contributed by atoms with van der Waals surface area (Å²) >= 11 is 0. The molecule has 0 unspecified atom stereocenters. The third kappa shape index (κ3) is 9.65. The van der Waals surface area contributed by atoms with Crippen LogP contribution in [0.25, 0.3) is 0 Å². The Bertz CT molecular complexity index is 128. The summed E-state index contributed by atoms with van der Waals surface area (Å²) in [6.07, 6.45) is 8.66. The van der Waals surface area contributed by atoms with Gasteiger partial charge < -0.3 is 4.90 Å². The minimum atomic E-state index is 0. The largest absolute Gasteiger partial charge is 0.300 e. The molecular weight excluding hydrogens is 182 g/mol. The van der Waals surface area contributed by atoms with E-state index in [2.05, 4.69) is 37.5 Å². The maximum Gasteiger partial charge on any atom is 0.0162 e. The fourth-order valence-corrected chi connectivity index (χ4v) is 1.04. The molecule has 13 heavy (non-hydrogen) atoms. The van der Waals surface area contributed by atoms with Gasteiger partial charge >= 0.3 is 0 Å². The van der Waals surface area contributed by atoms with Gasteiger partial charge in [-0.15, -0.1) is 19.0 Å². The van der Waals surface area contributed by atoms with Crippen LogP contribution in [0, 0.1) is 0 Å². The van der Waals surface area contributed by atoms with Crippen molar-refractivity contribution in [3.05, 3.63) is 24.8 Å². The molecule has 0 fully saturated rings. The summed E-state index contributed by atoms with van der Waals surface area (Å²) in [7, 11) is 0. The SMILES string of the molecule is C=CCCC=CCN(CC)CC.Cl. The Morgan fingerprint density at radius 3 is 2.15 bits per heavy atom. The van der Waals surface area contributed by atoms with Crippen LogP contribution in [0.5, 0.6) is 0 Å². The van der Waals surface area contributed by atoms with Gasteiger partial charge in [0.15, 0.2) is 0 Å². The van der Waals surface area contributed by atoms with Crippen LogP contribution in [0.1, 0.15) is 26.7 Å². The normalized spacial score (nSPS) is 10.4. The van der Waals surface area contributed by atoms with Crippen molar-refractivity contribution in [1.82, 2.24) is 4.90 Å². The molecule has 0 rings (SSSR count). The lowest BCUT2D eigenvalue weighted by Gasteiger charge is -2.14. The van der Waals surface area contributed by atoms with Gasteiger partial charge in [0.2, 0.25) is 0 Å². The molecule has 0 saturated heterocycles. The van der Waals surface area contributed by atoms with Crippen molar-refractivity contribution in [2.24, 2.45) is 0 Å². The quantitative estimate of drug-likeness (QED) is 0.454. The molecule has 0 spiro atoms. The topological polar surface area (TPSA) is 3.24 Å². The van der Waals surface area contributed by atoms with Crippen LogP contribution in [0.15, 0.2) is 24.8 Å². The van der Waals surface area contributed by atoms with Crippen molar-refractivity contribution in [3.63, 3.8) is 0 Å². The van der Waals surface area contributed by atoms with E-state index in [0.717, 1.165) is 32.5 Å². The molecule has 0 radical (unpaired) electrons. The van der Waals surface area contributed by atoms with E-state index in [1.54, 1.807) is 0 Å². The Balaban J connectivity index is 0. The van der Waals surface area contributed by atoms with E-state index in [1.165, 1.54) is 0 Å². The molecule has 0 atom stereocenters. The first-order valence-corrected chi connectivity index (χ1v) is 4.83. The first kappa shape index (κ1) is 15.2. The zero-order chi connectivity index (χ0) is 9.23. The van der Waals surface area contributed by atoms with Gasteiger partial charge in [-0.3, -0.25) is 0 Å². The lowest BCUT2D eigenvalue weighted by atomic mass is 10.3. The van der Waals surface area contributed by atoms with Crippen LogP contribution in [0.2, 0.25) is 0 Å². The van der Waals surface area contributed by atoms with Gasteiger partial charge in [-0.25, -0.2) is 0 Å². The molecule has 0 aromatic rings. The van der Waals surface area contributed by atoms with E-state index in [0.29, 0.717) is 0 Å². The third-order valence-electron chi connectivity index (χ3n) is 1.96. The fourth-order valence-electron chi connectivity index (χ4n) is 1.04. The first-order chi connectivity index (χ1) is 5.85. The second kappa shape index (κ2) is 11.7. The molecule has 0 aliphatic heterocycles. The highest BCUT2D eigenvalue weighted by atomic mass is 35.5. The summed E-state index contributed by atoms with van der Waals surface area (Å²) < 4.78 is 0. The number of allylic oxidation sites excluding steroid dienone is 2. The van der Waals surface area contributed by atoms with E-state index in [4.69, 9.17) is 0 Å². The second-order valence-electron chi connectivity index (χ2n) is 2.82. The van der Waals surface area contributed by atoms with Crippen LogP contribution in [0.3, 0.4) is 0 Å². The van der Waals surface area contributed by atoms with Gasteiger partial charge in [-0.2, -0.15) is 0 Å². The second-order valence-corrected chi connectivity index (χ2v) is 2.82. The number of hydrogen-bond donors (Lipinski definition) is 0. The van der Waals surface area contributed by atoms with Crippen LogP contribution in [-0.2, 0) is 0 Å². The maximum atomic E-state index is 3.68. The van der Waals surface area contributed by atoms with Crippen molar-refractivity contribution >= 4 is 12.4 Å². The Hall–Kier alpha value is -0.270. The van der Waals surface area contributed by atoms with E-state index in [-0.39, 0.29) is 12.4 Å². The maximum absolute atomic E-state index is 3.68. The molecule has 0 N–H and O–H groups in total. The van der Waals surface area contributed by atoms with Crippen LogP contribution in [-0.4, -0.2) is 24.5 Å². The third-order valence-corrected chi connectivity index (χ3v) is 1.96. The molecule has 0 heterocycles. The molecule has 1 nitrogen and oxygen atoms in total. The minimum absolute atomic E-state index is 0. The number of unbranched alkanes of at least 4 members (excludes halogenated alkanes) is 1. The molecule has 0 aliphatic carbocycles. The van der Waals surface area contributed by atoms with Crippen molar-refractivity contribution in [1.29, 1.82) is 0 Å². The highest BCUT2D eigenvalue weighted by Gasteiger charge is 1.92. The molecular formula is C11H22ClN. The van der Waals surface area contributed by atoms with Gasteiger partial charge in [0.05, 0.1) is 0 Å². The molecule has 0 aromatic heterocycles.